The second-order valence-corrected chi connectivity index (χ2v) is 11.0. The molecule has 2 heterocycles. The number of aliphatic hydroxyl groups is 1. The van der Waals surface area contributed by atoms with Crippen LogP contribution in [0.25, 0.3) is 10.9 Å². The summed E-state index contributed by atoms with van der Waals surface area (Å²) in [5.41, 5.74) is -1.68. The van der Waals surface area contributed by atoms with Gasteiger partial charge in [0.15, 0.2) is 11.6 Å². The number of amides is 1. The number of sulfonamides is 1. The second kappa shape index (κ2) is 10.2. The minimum absolute atomic E-state index is 0.0267. The number of benzene rings is 3. The van der Waals surface area contributed by atoms with Crippen molar-refractivity contribution in [2.24, 2.45) is 0 Å². The van der Waals surface area contributed by atoms with Crippen LogP contribution in [0.15, 0.2) is 76.7 Å². The van der Waals surface area contributed by atoms with Gasteiger partial charge in [0.1, 0.15) is 4.90 Å². The Hall–Kier alpha value is -4.16. The van der Waals surface area contributed by atoms with Crippen molar-refractivity contribution in [3.8, 4) is 0 Å². The number of fused-ring (bicyclic) bond motifs is 1. The number of carbonyl (C=O) groups is 1. The highest BCUT2D eigenvalue weighted by atomic mass is 32.2. The number of anilines is 1. The van der Waals surface area contributed by atoms with Crippen molar-refractivity contribution in [1.82, 2.24) is 14.9 Å². The summed E-state index contributed by atoms with van der Waals surface area (Å²) in [5.74, 6) is -2.48. The van der Waals surface area contributed by atoms with Crippen LogP contribution in [0.5, 0.6) is 0 Å². The zero-order valence-corrected chi connectivity index (χ0v) is 21.3. The average molecular weight is 555 g/mol. The lowest BCUT2D eigenvalue weighted by molar-refractivity contribution is 0.0173. The summed E-state index contributed by atoms with van der Waals surface area (Å²) < 4.78 is 56.6. The van der Waals surface area contributed by atoms with Crippen LogP contribution >= 0.6 is 0 Å². The molecule has 1 unspecified atom stereocenters. The van der Waals surface area contributed by atoms with Gasteiger partial charge in [0, 0.05) is 29.9 Å². The van der Waals surface area contributed by atoms with Crippen molar-refractivity contribution in [3.63, 3.8) is 0 Å². The van der Waals surface area contributed by atoms with Crippen LogP contribution in [0.2, 0.25) is 0 Å². The number of hydrogen-bond donors (Lipinski definition) is 3. The number of halogens is 2. The molecule has 4 aromatic rings. The number of aromatic nitrogens is 2. The molecule has 1 aromatic heterocycles. The molecule has 1 aliphatic heterocycles. The Balaban J connectivity index is 1.31. The topological polar surface area (TPSA) is 132 Å². The van der Waals surface area contributed by atoms with Crippen molar-refractivity contribution in [2.45, 2.75) is 29.8 Å². The summed E-state index contributed by atoms with van der Waals surface area (Å²) in [4.78, 5) is 32.9. The number of H-pyrrole nitrogens is 1. The van der Waals surface area contributed by atoms with E-state index in [-0.39, 0.29) is 52.3 Å². The van der Waals surface area contributed by atoms with Crippen LogP contribution in [0, 0.1) is 11.6 Å². The monoisotopic (exact) mass is 554 g/mol. The molecule has 1 fully saturated rings. The third-order valence-electron chi connectivity index (χ3n) is 6.86. The lowest BCUT2D eigenvalue weighted by atomic mass is 9.86. The number of rotatable bonds is 5. The molecule has 5 rings (SSSR count). The Labute approximate surface area is 222 Å². The maximum Gasteiger partial charge on any atom is 0.264 e. The second-order valence-electron chi connectivity index (χ2n) is 9.35. The fourth-order valence-corrected chi connectivity index (χ4v) is 6.05. The average Bonchev–Trinajstić information content (AvgIpc) is 3.12. The van der Waals surface area contributed by atoms with Gasteiger partial charge < -0.3 is 15.0 Å². The molecule has 202 valence electrons. The third kappa shape index (κ3) is 5.12. The van der Waals surface area contributed by atoms with Crippen LogP contribution in [0.3, 0.4) is 0 Å². The highest BCUT2D eigenvalue weighted by molar-refractivity contribution is 7.93. The molecule has 1 amide bonds. The van der Waals surface area contributed by atoms with Gasteiger partial charge >= 0.3 is 0 Å². The molecular weight excluding hydrogens is 530 g/mol. The molecule has 39 heavy (non-hydrogen) atoms. The molecule has 1 atom stereocenters. The van der Waals surface area contributed by atoms with Crippen molar-refractivity contribution in [1.29, 1.82) is 0 Å². The number of aromatic amines is 1. The van der Waals surface area contributed by atoms with E-state index in [1.165, 1.54) is 59.5 Å². The molecule has 3 N–H and O–H groups in total. The maximum absolute atomic E-state index is 14.4. The number of hydrogen-bond acceptors (Lipinski definition) is 6. The standard InChI is InChI=1S/C27H24F2N4O5S/c28-21-6-2-5-20(23(21)29)27(36)12-3-14-33(15-13-27)26(35)17-8-10-18(11-9-17)32-39(37,38)22-7-1-4-19-24(22)30-16-31-25(19)34/h1-2,4-11,16,32,36H,3,12-15H2,(H,30,31,34). The third-order valence-corrected chi connectivity index (χ3v) is 8.27. The molecule has 0 bridgehead atoms. The summed E-state index contributed by atoms with van der Waals surface area (Å²) in [6.45, 7) is 0.423. The molecule has 0 aliphatic carbocycles. The number of para-hydroxylation sites is 1. The molecule has 1 aliphatic rings. The highest BCUT2D eigenvalue weighted by Crippen LogP contribution is 2.35. The Morgan fingerprint density at radius 1 is 1.03 bits per heavy atom. The van der Waals surface area contributed by atoms with E-state index >= 15 is 0 Å². The first-order valence-corrected chi connectivity index (χ1v) is 13.6. The van der Waals surface area contributed by atoms with Gasteiger partial charge in [-0.1, -0.05) is 18.2 Å². The van der Waals surface area contributed by atoms with Gasteiger partial charge in [0.2, 0.25) is 0 Å². The number of nitrogens with one attached hydrogen (secondary N) is 2. The van der Waals surface area contributed by atoms with E-state index in [9.17, 15) is 31.9 Å². The van der Waals surface area contributed by atoms with E-state index in [4.69, 9.17) is 0 Å². The largest absolute Gasteiger partial charge is 0.385 e. The minimum atomic E-state index is -4.11. The summed E-state index contributed by atoms with van der Waals surface area (Å²) in [5, 5.41) is 11.2. The van der Waals surface area contributed by atoms with E-state index in [0.717, 1.165) is 12.4 Å². The highest BCUT2D eigenvalue weighted by Gasteiger charge is 2.36. The van der Waals surface area contributed by atoms with Crippen LogP contribution in [-0.4, -0.2) is 47.4 Å². The van der Waals surface area contributed by atoms with Crippen LogP contribution in [0.1, 0.15) is 35.2 Å². The molecule has 0 spiro atoms. The first-order valence-electron chi connectivity index (χ1n) is 12.1. The number of likely N-dealkylation sites (tertiary alicyclic amines) is 1. The van der Waals surface area contributed by atoms with E-state index in [0.29, 0.717) is 18.5 Å². The smallest absolute Gasteiger partial charge is 0.264 e. The van der Waals surface area contributed by atoms with Gasteiger partial charge in [-0.05, 0) is 61.7 Å². The molecule has 3 aromatic carbocycles. The summed E-state index contributed by atoms with van der Waals surface area (Å²) >= 11 is 0. The van der Waals surface area contributed by atoms with Gasteiger partial charge in [0.05, 0.1) is 22.8 Å². The van der Waals surface area contributed by atoms with E-state index < -0.39 is 32.8 Å². The normalized spacial score (nSPS) is 18.1. The van der Waals surface area contributed by atoms with E-state index in [1.54, 1.807) is 0 Å². The van der Waals surface area contributed by atoms with Crippen molar-refractivity contribution < 1.29 is 27.1 Å². The van der Waals surface area contributed by atoms with E-state index in [2.05, 4.69) is 14.7 Å². The van der Waals surface area contributed by atoms with Crippen molar-refractivity contribution >= 4 is 32.5 Å². The minimum Gasteiger partial charge on any atom is -0.385 e. The Morgan fingerprint density at radius 2 is 1.77 bits per heavy atom. The zero-order chi connectivity index (χ0) is 27.8. The van der Waals surface area contributed by atoms with Crippen LogP contribution < -0.4 is 10.3 Å². The van der Waals surface area contributed by atoms with Gasteiger partial charge in [-0.15, -0.1) is 0 Å². The predicted molar refractivity (Wildman–Crippen MR) is 140 cm³/mol. The Kier molecular flexibility index (Phi) is 6.91. The fourth-order valence-electron chi connectivity index (χ4n) is 4.82. The van der Waals surface area contributed by atoms with Crippen LogP contribution in [0.4, 0.5) is 14.5 Å². The molecule has 1 saturated heterocycles. The molecule has 12 heteroatoms. The lowest BCUT2D eigenvalue weighted by Gasteiger charge is -2.28. The molecule has 9 nitrogen and oxygen atoms in total. The Morgan fingerprint density at radius 3 is 2.54 bits per heavy atom. The van der Waals surface area contributed by atoms with Crippen molar-refractivity contribution in [2.75, 3.05) is 17.8 Å². The number of nitrogens with zero attached hydrogens (tertiary/aromatic N) is 2. The first-order chi connectivity index (χ1) is 18.6. The number of carbonyl (C=O) groups excluding carboxylic acids is 1. The predicted octanol–water partition coefficient (Wildman–Crippen LogP) is 3.52. The summed E-state index contributed by atoms with van der Waals surface area (Å²) in [7, 11) is -4.11. The van der Waals surface area contributed by atoms with Crippen molar-refractivity contribution in [3.05, 3.63) is 100 Å². The quantitative estimate of drug-likeness (QED) is 0.346. The Bertz CT molecular complexity index is 1730. The SMILES string of the molecule is O=C(c1ccc(NS(=O)(=O)c2cccc3c(=O)[nH]cnc23)cc1)N1CCCC(O)(c2cccc(F)c2F)CC1. The van der Waals surface area contributed by atoms with Gasteiger partial charge in [-0.25, -0.2) is 22.2 Å². The zero-order valence-electron chi connectivity index (χ0n) is 20.5. The van der Waals surface area contributed by atoms with Gasteiger partial charge in [-0.3, -0.25) is 14.3 Å². The molecule has 0 saturated carbocycles. The van der Waals surface area contributed by atoms with Gasteiger partial charge in [0.25, 0.3) is 21.5 Å². The van der Waals surface area contributed by atoms with Crippen LogP contribution in [-0.2, 0) is 15.6 Å². The van der Waals surface area contributed by atoms with Gasteiger partial charge in [-0.2, -0.15) is 0 Å². The molecular formula is C27H24F2N4O5S. The summed E-state index contributed by atoms with van der Waals surface area (Å²) in [6.07, 6.45) is 1.69. The lowest BCUT2D eigenvalue weighted by Crippen LogP contribution is -2.34. The first kappa shape index (κ1) is 26.4. The fraction of sp³-hybridized carbons (Fsp3) is 0.222. The van der Waals surface area contributed by atoms with E-state index in [1.807, 2.05) is 0 Å². The summed E-state index contributed by atoms with van der Waals surface area (Å²) in [6, 6.07) is 13.7. The maximum atomic E-state index is 14.4. The molecule has 0 radical (unpaired) electrons.